The Kier molecular flexibility index (Phi) is 2.26. The van der Waals surface area contributed by atoms with E-state index >= 15 is 0 Å². The van der Waals surface area contributed by atoms with Crippen LogP contribution >= 0.6 is 0 Å². The Morgan fingerprint density at radius 2 is 2.13 bits per heavy atom. The molecule has 0 saturated carbocycles. The fourth-order valence-electron chi connectivity index (χ4n) is 1.66. The first-order valence-electron chi connectivity index (χ1n) is 4.80. The molecule has 0 saturated heterocycles. The zero-order valence-electron chi connectivity index (χ0n) is 8.40. The van der Waals surface area contributed by atoms with Crippen molar-refractivity contribution in [3.05, 3.63) is 46.4 Å². The lowest BCUT2D eigenvalue weighted by atomic mass is 10.1. The first kappa shape index (κ1) is 9.47. The molecule has 0 aliphatic rings. The van der Waals surface area contributed by atoms with Gasteiger partial charge in [-0.15, -0.1) is 0 Å². The Morgan fingerprint density at radius 1 is 1.33 bits per heavy atom. The number of fused-ring (bicyclic) bond motifs is 1. The number of nitriles is 1. The molecule has 1 aromatic heterocycles. The van der Waals surface area contributed by atoms with E-state index in [1.54, 1.807) is 29.0 Å². The standard InChI is InChI=1S/C12H10N2O/c1-2-14-7-6-10-9(8-13)4-3-5-11(10)12(14)15/h3-7H,2H2,1H3. The van der Waals surface area contributed by atoms with Gasteiger partial charge in [-0.3, -0.25) is 4.79 Å². The predicted octanol–water partition coefficient (Wildman–Crippen LogP) is 1.89. The molecular weight excluding hydrogens is 188 g/mol. The van der Waals surface area contributed by atoms with Crippen molar-refractivity contribution in [2.24, 2.45) is 0 Å². The second-order valence-electron chi connectivity index (χ2n) is 3.29. The highest BCUT2D eigenvalue weighted by Crippen LogP contribution is 2.14. The maximum absolute atomic E-state index is 11.9. The Bertz CT molecular complexity index is 605. The molecule has 0 spiro atoms. The summed E-state index contributed by atoms with van der Waals surface area (Å²) in [6.07, 6.45) is 1.73. The SMILES string of the molecule is CCn1ccc2c(C#N)cccc2c1=O. The van der Waals surface area contributed by atoms with Gasteiger partial charge in [0.05, 0.1) is 11.6 Å². The Balaban J connectivity index is 2.92. The van der Waals surface area contributed by atoms with Crippen LogP contribution in [0.1, 0.15) is 12.5 Å². The van der Waals surface area contributed by atoms with Crippen molar-refractivity contribution in [2.45, 2.75) is 13.5 Å². The Morgan fingerprint density at radius 3 is 2.80 bits per heavy atom. The van der Waals surface area contributed by atoms with E-state index in [0.29, 0.717) is 17.5 Å². The van der Waals surface area contributed by atoms with Gasteiger partial charge in [-0.25, -0.2) is 0 Å². The van der Waals surface area contributed by atoms with Crippen molar-refractivity contribution in [1.82, 2.24) is 4.57 Å². The maximum Gasteiger partial charge on any atom is 0.258 e. The van der Waals surface area contributed by atoms with Gasteiger partial charge < -0.3 is 4.57 Å². The highest BCUT2D eigenvalue weighted by molar-refractivity contribution is 5.86. The summed E-state index contributed by atoms with van der Waals surface area (Å²) in [7, 11) is 0. The Labute approximate surface area is 87.2 Å². The van der Waals surface area contributed by atoms with E-state index in [2.05, 4.69) is 6.07 Å². The van der Waals surface area contributed by atoms with Crippen LogP contribution in [0.4, 0.5) is 0 Å². The minimum Gasteiger partial charge on any atom is -0.315 e. The van der Waals surface area contributed by atoms with Gasteiger partial charge in [0.25, 0.3) is 5.56 Å². The molecule has 2 rings (SSSR count). The number of hydrogen-bond acceptors (Lipinski definition) is 2. The monoisotopic (exact) mass is 198 g/mol. The third kappa shape index (κ3) is 1.40. The molecule has 15 heavy (non-hydrogen) atoms. The molecule has 1 heterocycles. The lowest BCUT2D eigenvalue weighted by Gasteiger charge is -2.04. The van der Waals surface area contributed by atoms with Crippen molar-refractivity contribution in [2.75, 3.05) is 0 Å². The minimum atomic E-state index is -0.0351. The van der Waals surface area contributed by atoms with Gasteiger partial charge in [0.2, 0.25) is 0 Å². The lowest BCUT2D eigenvalue weighted by molar-refractivity contribution is 0.735. The summed E-state index contributed by atoms with van der Waals surface area (Å²) in [5.41, 5.74) is 0.514. The zero-order valence-corrected chi connectivity index (χ0v) is 8.40. The molecule has 0 amide bonds. The molecule has 0 unspecified atom stereocenters. The van der Waals surface area contributed by atoms with Crippen LogP contribution in [0.25, 0.3) is 10.8 Å². The van der Waals surface area contributed by atoms with Gasteiger partial charge in [-0.1, -0.05) is 6.07 Å². The summed E-state index contributed by atoms with van der Waals surface area (Å²) >= 11 is 0. The third-order valence-electron chi connectivity index (χ3n) is 2.48. The largest absolute Gasteiger partial charge is 0.315 e. The Hall–Kier alpha value is -2.08. The second-order valence-corrected chi connectivity index (χ2v) is 3.29. The van der Waals surface area contributed by atoms with Crippen LogP contribution in [0.3, 0.4) is 0 Å². The van der Waals surface area contributed by atoms with Crippen molar-refractivity contribution in [3.63, 3.8) is 0 Å². The van der Waals surface area contributed by atoms with Crippen LogP contribution in [0.2, 0.25) is 0 Å². The lowest BCUT2D eigenvalue weighted by Crippen LogP contribution is -2.18. The average Bonchev–Trinajstić information content (AvgIpc) is 2.29. The zero-order chi connectivity index (χ0) is 10.8. The number of hydrogen-bond donors (Lipinski definition) is 0. The van der Waals surface area contributed by atoms with Crippen LogP contribution in [-0.4, -0.2) is 4.57 Å². The first-order chi connectivity index (χ1) is 7.27. The van der Waals surface area contributed by atoms with Gasteiger partial charge >= 0.3 is 0 Å². The van der Waals surface area contributed by atoms with Crippen LogP contribution in [0.15, 0.2) is 35.3 Å². The number of aromatic nitrogens is 1. The van der Waals surface area contributed by atoms with Crippen molar-refractivity contribution < 1.29 is 0 Å². The number of aryl methyl sites for hydroxylation is 1. The molecule has 0 aliphatic carbocycles. The van der Waals surface area contributed by atoms with Crippen molar-refractivity contribution in [3.8, 4) is 6.07 Å². The van der Waals surface area contributed by atoms with Crippen LogP contribution in [0, 0.1) is 11.3 Å². The highest BCUT2D eigenvalue weighted by atomic mass is 16.1. The maximum atomic E-state index is 11.9. The number of nitrogens with zero attached hydrogens (tertiary/aromatic N) is 2. The number of rotatable bonds is 1. The molecular formula is C12H10N2O. The van der Waals surface area contributed by atoms with Gasteiger partial charge in [-0.2, -0.15) is 5.26 Å². The van der Waals surface area contributed by atoms with Crippen LogP contribution < -0.4 is 5.56 Å². The highest BCUT2D eigenvalue weighted by Gasteiger charge is 2.04. The average molecular weight is 198 g/mol. The molecule has 74 valence electrons. The smallest absolute Gasteiger partial charge is 0.258 e. The molecule has 1 aromatic carbocycles. The molecule has 0 radical (unpaired) electrons. The van der Waals surface area contributed by atoms with Crippen LogP contribution in [0.5, 0.6) is 0 Å². The van der Waals surface area contributed by atoms with E-state index in [1.807, 2.05) is 13.0 Å². The fourth-order valence-corrected chi connectivity index (χ4v) is 1.66. The molecule has 0 aliphatic heterocycles. The summed E-state index contributed by atoms with van der Waals surface area (Å²) in [6.45, 7) is 2.56. The van der Waals surface area contributed by atoms with E-state index in [0.717, 1.165) is 5.39 Å². The third-order valence-corrected chi connectivity index (χ3v) is 2.48. The topological polar surface area (TPSA) is 45.8 Å². The minimum absolute atomic E-state index is 0.0351. The quantitative estimate of drug-likeness (QED) is 0.702. The molecule has 0 fully saturated rings. The normalized spacial score (nSPS) is 10.1. The summed E-state index contributed by atoms with van der Waals surface area (Å²) in [6, 6.07) is 9.12. The van der Waals surface area contributed by atoms with E-state index in [-0.39, 0.29) is 5.56 Å². The van der Waals surface area contributed by atoms with E-state index in [9.17, 15) is 4.79 Å². The van der Waals surface area contributed by atoms with Crippen molar-refractivity contribution in [1.29, 1.82) is 5.26 Å². The second kappa shape index (κ2) is 3.58. The van der Waals surface area contributed by atoms with Crippen LogP contribution in [-0.2, 0) is 6.54 Å². The molecule has 3 nitrogen and oxygen atoms in total. The summed E-state index contributed by atoms with van der Waals surface area (Å²) in [4.78, 5) is 11.9. The molecule has 0 atom stereocenters. The van der Waals surface area contributed by atoms with Crippen molar-refractivity contribution >= 4 is 10.8 Å². The predicted molar refractivity (Wildman–Crippen MR) is 58.6 cm³/mol. The van der Waals surface area contributed by atoms with E-state index in [1.165, 1.54) is 0 Å². The fraction of sp³-hybridized carbons (Fsp3) is 0.167. The van der Waals surface area contributed by atoms with E-state index in [4.69, 9.17) is 5.26 Å². The van der Waals surface area contributed by atoms with Gasteiger partial charge in [-0.05, 0) is 25.1 Å². The first-order valence-corrected chi connectivity index (χ1v) is 4.80. The van der Waals surface area contributed by atoms with Gasteiger partial charge in [0.15, 0.2) is 0 Å². The molecule has 2 aromatic rings. The molecule has 0 bridgehead atoms. The summed E-state index contributed by atoms with van der Waals surface area (Å²) in [5.74, 6) is 0. The van der Waals surface area contributed by atoms with Gasteiger partial charge in [0.1, 0.15) is 0 Å². The number of benzene rings is 1. The van der Waals surface area contributed by atoms with Gasteiger partial charge in [0, 0.05) is 23.5 Å². The number of pyridine rings is 1. The molecule has 0 N–H and O–H groups in total. The summed E-state index contributed by atoms with van der Waals surface area (Å²) < 4.78 is 1.63. The van der Waals surface area contributed by atoms with E-state index < -0.39 is 0 Å². The molecule has 3 heteroatoms. The summed E-state index contributed by atoms with van der Waals surface area (Å²) in [5, 5.41) is 10.2.